The molecule has 0 amide bonds. The summed E-state index contributed by atoms with van der Waals surface area (Å²) in [5, 5.41) is 18.0. The Hall–Kier alpha value is -0.380. The topological polar surface area (TPSA) is 53.0 Å². The van der Waals surface area contributed by atoms with Crippen LogP contribution in [0.3, 0.4) is 0 Å². The smallest absolute Gasteiger partial charge is 0.117 e. The first kappa shape index (κ1) is 5.41. The largest absolute Gasteiger partial charge is 0.387 e. The second-order valence-electron chi connectivity index (χ2n) is 2.43. The first-order valence-corrected chi connectivity index (χ1v) is 2.99. The number of rotatable bonds is 0. The van der Waals surface area contributed by atoms with Gasteiger partial charge in [-0.05, 0) is 0 Å². The number of fused-ring (bicyclic) bond motifs is 1. The van der Waals surface area contributed by atoms with Crippen LogP contribution < -0.4 is 0 Å². The van der Waals surface area contributed by atoms with Gasteiger partial charge in [-0.25, -0.2) is 0 Å². The van der Waals surface area contributed by atoms with Gasteiger partial charge in [-0.3, -0.25) is 0 Å². The number of epoxide rings is 1. The molecule has 1 fully saturated rings. The average Bonchev–Trinajstić information content (AvgIpc) is 2.58. The van der Waals surface area contributed by atoms with E-state index in [1.165, 1.54) is 0 Å². The van der Waals surface area contributed by atoms with E-state index in [0.29, 0.717) is 0 Å². The minimum absolute atomic E-state index is 0.0726. The number of aliphatic hydroxyl groups is 2. The Balaban J connectivity index is 2.16. The molecule has 4 atom stereocenters. The van der Waals surface area contributed by atoms with Gasteiger partial charge in [-0.15, -0.1) is 0 Å². The van der Waals surface area contributed by atoms with Gasteiger partial charge in [0.1, 0.15) is 24.4 Å². The zero-order valence-electron chi connectivity index (χ0n) is 4.77. The van der Waals surface area contributed by atoms with Gasteiger partial charge in [0.15, 0.2) is 0 Å². The van der Waals surface area contributed by atoms with Crippen molar-refractivity contribution in [3.63, 3.8) is 0 Å². The van der Waals surface area contributed by atoms with E-state index in [1.807, 2.05) is 0 Å². The van der Waals surface area contributed by atoms with Crippen LogP contribution in [0.4, 0.5) is 0 Å². The first-order valence-electron chi connectivity index (χ1n) is 2.99. The monoisotopic (exact) mass is 128 g/mol. The molecule has 0 aromatic rings. The quantitative estimate of drug-likeness (QED) is 0.326. The number of aliphatic hydroxyl groups excluding tert-OH is 2. The summed E-state index contributed by atoms with van der Waals surface area (Å²) in [5.41, 5.74) is 0. The lowest BCUT2D eigenvalue weighted by molar-refractivity contribution is 0.0288. The molecule has 1 aliphatic heterocycles. The van der Waals surface area contributed by atoms with Crippen molar-refractivity contribution in [2.45, 2.75) is 24.4 Å². The molecule has 3 nitrogen and oxygen atoms in total. The Morgan fingerprint density at radius 2 is 2.00 bits per heavy atom. The van der Waals surface area contributed by atoms with Crippen molar-refractivity contribution in [2.75, 3.05) is 0 Å². The third kappa shape index (κ3) is 0.694. The predicted octanol–water partition coefficient (Wildman–Crippen LogP) is -0.955. The second-order valence-corrected chi connectivity index (χ2v) is 2.43. The maximum Gasteiger partial charge on any atom is 0.117 e. The summed E-state index contributed by atoms with van der Waals surface area (Å²) >= 11 is 0. The Morgan fingerprint density at radius 3 is 2.67 bits per heavy atom. The maximum absolute atomic E-state index is 9.06. The molecule has 0 radical (unpaired) electrons. The van der Waals surface area contributed by atoms with Gasteiger partial charge >= 0.3 is 0 Å². The van der Waals surface area contributed by atoms with Crippen LogP contribution in [0.5, 0.6) is 0 Å². The summed E-state index contributed by atoms with van der Waals surface area (Å²) in [6.07, 6.45) is 1.85. The molecule has 2 N–H and O–H groups in total. The summed E-state index contributed by atoms with van der Waals surface area (Å²) < 4.78 is 4.96. The van der Waals surface area contributed by atoms with Crippen LogP contribution in [0.15, 0.2) is 12.2 Å². The Labute approximate surface area is 52.6 Å². The second kappa shape index (κ2) is 1.56. The Bertz CT molecular complexity index is 154. The third-order valence-electron chi connectivity index (χ3n) is 1.75. The van der Waals surface area contributed by atoms with Crippen LogP contribution in [0.25, 0.3) is 0 Å². The van der Waals surface area contributed by atoms with Gasteiger partial charge in [-0.2, -0.15) is 0 Å². The molecule has 0 spiro atoms. The fourth-order valence-electron chi connectivity index (χ4n) is 1.10. The standard InChI is InChI=1S/C6H8O3/c7-3-1-2-4-6(9-4)5(3)8/h1-8H/t3-,4-,5+,6-/m0/s1. The van der Waals surface area contributed by atoms with Gasteiger partial charge < -0.3 is 14.9 Å². The van der Waals surface area contributed by atoms with Crippen LogP contribution in [-0.2, 0) is 4.74 Å². The summed E-state index contributed by atoms with van der Waals surface area (Å²) in [7, 11) is 0. The molecule has 50 valence electrons. The Kier molecular flexibility index (Phi) is 0.939. The van der Waals surface area contributed by atoms with Crippen molar-refractivity contribution >= 4 is 0 Å². The molecule has 0 saturated carbocycles. The SMILES string of the molecule is O[C@H]1[C@H]2O[C@H]2C=C[C@@H]1O. The van der Waals surface area contributed by atoms with E-state index in [1.54, 1.807) is 12.2 Å². The number of ether oxygens (including phenoxy) is 1. The molecule has 0 aromatic carbocycles. The first-order chi connectivity index (χ1) is 4.29. The van der Waals surface area contributed by atoms with E-state index >= 15 is 0 Å². The molecule has 1 aliphatic carbocycles. The lowest BCUT2D eigenvalue weighted by Gasteiger charge is -2.13. The molecule has 0 bridgehead atoms. The van der Waals surface area contributed by atoms with Gasteiger partial charge in [0.25, 0.3) is 0 Å². The van der Waals surface area contributed by atoms with Crippen LogP contribution in [0.2, 0.25) is 0 Å². The van der Waals surface area contributed by atoms with Gasteiger partial charge in [0, 0.05) is 0 Å². The average molecular weight is 128 g/mol. The van der Waals surface area contributed by atoms with Gasteiger partial charge in [-0.1, -0.05) is 12.2 Å². The highest BCUT2D eigenvalue weighted by molar-refractivity contribution is 5.15. The predicted molar refractivity (Wildman–Crippen MR) is 29.8 cm³/mol. The lowest BCUT2D eigenvalue weighted by atomic mass is 10.0. The third-order valence-corrected chi connectivity index (χ3v) is 1.75. The van der Waals surface area contributed by atoms with Crippen LogP contribution in [0.1, 0.15) is 0 Å². The van der Waals surface area contributed by atoms with E-state index in [4.69, 9.17) is 14.9 Å². The molecule has 0 aromatic heterocycles. The summed E-state index contributed by atoms with van der Waals surface area (Å²) in [6.45, 7) is 0. The summed E-state index contributed by atoms with van der Waals surface area (Å²) in [4.78, 5) is 0. The van der Waals surface area contributed by atoms with Crippen molar-refractivity contribution in [1.29, 1.82) is 0 Å². The Morgan fingerprint density at radius 1 is 1.22 bits per heavy atom. The van der Waals surface area contributed by atoms with E-state index in [9.17, 15) is 0 Å². The molecule has 2 rings (SSSR count). The van der Waals surface area contributed by atoms with E-state index in [-0.39, 0.29) is 12.2 Å². The van der Waals surface area contributed by atoms with Crippen molar-refractivity contribution in [1.82, 2.24) is 0 Å². The molecular weight excluding hydrogens is 120 g/mol. The van der Waals surface area contributed by atoms with Crippen LogP contribution >= 0.6 is 0 Å². The fraction of sp³-hybridized carbons (Fsp3) is 0.667. The molecule has 0 unspecified atom stereocenters. The maximum atomic E-state index is 9.06. The summed E-state index contributed by atoms with van der Waals surface area (Å²) in [6, 6.07) is 0. The number of hydrogen-bond donors (Lipinski definition) is 2. The van der Waals surface area contributed by atoms with Crippen LogP contribution in [-0.4, -0.2) is 34.6 Å². The van der Waals surface area contributed by atoms with Crippen molar-refractivity contribution in [2.24, 2.45) is 0 Å². The molecule has 9 heavy (non-hydrogen) atoms. The van der Waals surface area contributed by atoms with Crippen molar-refractivity contribution < 1.29 is 14.9 Å². The summed E-state index contributed by atoms with van der Waals surface area (Å²) in [5.74, 6) is 0. The highest BCUT2D eigenvalue weighted by atomic mass is 16.6. The highest BCUT2D eigenvalue weighted by Crippen LogP contribution is 2.31. The van der Waals surface area contributed by atoms with Crippen molar-refractivity contribution in [3.8, 4) is 0 Å². The van der Waals surface area contributed by atoms with E-state index in [0.717, 1.165) is 0 Å². The van der Waals surface area contributed by atoms with E-state index in [2.05, 4.69) is 0 Å². The van der Waals surface area contributed by atoms with E-state index < -0.39 is 12.2 Å². The van der Waals surface area contributed by atoms with Crippen molar-refractivity contribution in [3.05, 3.63) is 12.2 Å². The normalized spacial score (nSPS) is 54.9. The zero-order chi connectivity index (χ0) is 6.43. The zero-order valence-corrected chi connectivity index (χ0v) is 4.77. The minimum Gasteiger partial charge on any atom is -0.387 e. The molecule has 1 saturated heterocycles. The molecule has 3 heteroatoms. The molecule has 1 heterocycles. The fourth-order valence-corrected chi connectivity index (χ4v) is 1.10. The number of hydrogen-bond acceptors (Lipinski definition) is 3. The molecule has 2 aliphatic rings. The van der Waals surface area contributed by atoms with Gasteiger partial charge in [0.05, 0.1) is 0 Å². The van der Waals surface area contributed by atoms with Gasteiger partial charge in [0.2, 0.25) is 0 Å². The van der Waals surface area contributed by atoms with Crippen LogP contribution in [0, 0.1) is 0 Å². The molecular formula is C6H8O3. The lowest BCUT2D eigenvalue weighted by Crippen LogP contribution is -2.32. The minimum atomic E-state index is -0.728. The highest BCUT2D eigenvalue weighted by Gasteiger charge is 2.47.